The number of H-pyrrole nitrogens is 1. The third kappa shape index (κ3) is 2.12. The molecule has 2 rings (SSSR count). The van der Waals surface area contributed by atoms with Crippen LogP contribution in [0, 0.1) is 5.82 Å². The average molecular weight is 266 g/mol. The fourth-order valence-electron chi connectivity index (χ4n) is 1.43. The first-order chi connectivity index (χ1) is 7.79. The third-order valence-corrected chi connectivity index (χ3v) is 2.38. The first kappa shape index (κ1) is 11.9. The second-order valence-electron chi connectivity index (χ2n) is 3.36. The first-order valence-corrected chi connectivity index (χ1v) is 4.76. The van der Waals surface area contributed by atoms with Gasteiger partial charge in [0.15, 0.2) is 5.43 Å². The number of aromatic nitrogens is 1. The van der Waals surface area contributed by atoms with E-state index in [4.69, 9.17) is 11.6 Å². The molecule has 0 aliphatic rings. The lowest BCUT2D eigenvalue weighted by Gasteiger charge is -2.08. The van der Waals surface area contributed by atoms with Crippen LogP contribution in [0.4, 0.5) is 17.6 Å². The quantitative estimate of drug-likeness (QED) is 0.728. The lowest BCUT2D eigenvalue weighted by atomic mass is 10.2. The maximum atomic E-state index is 13.4. The molecule has 2 aromatic rings. The Morgan fingerprint density at radius 1 is 1.18 bits per heavy atom. The summed E-state index contributed by atoms with van der Waals surface area (Å²) in [6, 6.07) is 2.32. The molecule has 0 spiro atoms. The molecule has 0 saturated carbocycles. The fourth-order valence-corrected chi connectivity index (χ4v) is 1.63. The maximum Gasteiger partial charge on any atom is 0.431 e. The zero-order chi connectivity index (χ0) is 12.8. The summed E-state index contributed by atoms with van der Waals surface area (Å²) in [4.78, 5) is 13.2. The van der Waals surface area contributed by atoms with Gasteiger partial charge in [-0.2, -0.15) is 13.2 Å². The van der Waals surface area contributed by atoms with Crippen LogP contribution >= 0.6 is 11.6 Å². The Balaban J connectivity index is 2.88. The van der Waals surface area contributed by atoms with Crippen molar-refractivity contribution < 1.29 is 17.6 Å². The monoisotopic (exact) mass is 265 g/mol. The van der Waals surface area contributed by atoms with Gasteiger partial charge in [-0.15, -0.1) is 0 Å². The molecule has 0 atom stereocenters. The number of rotatable bonds is 0. The van der Waals surface area contributed by atoms with Crippen molar-refractivity contribution in [1.29, 1.82) is 0 Å². The summed E-state index contributed by atoms with van der Waals surface area (Å²) in [5.74, 6) is -1.00. The molecular formula is C10H4ClF4NO. The summed E-state index contributed by atoms with van der Waals surface area (Å²) in [5, 5.41) is -0.275. The van der Waals surface area contributed by atoms with Crippen molar-refractivity contribution >= 4 is 22.5 Å². The normalized spacial score (nSPS) is 12.1. The molecule has 1 heterocycles. The molecule has 0 unspecified atom stereocenters. The van der Waals surface area contributed by atoms with Crippen LogP contribution in [0.5, 0.6) is 0 Å². The highest BCUT2D eigenvalue weighted by molar-refractivity contribution is 6.31. The molecule has 0 amide bonds. The molecule has 0 saturated heterocycles. The van der Waals surface area contributed by atoms with Crippen LogP contribution in [-0.2, 0) is 6.18 Å². The van der Waals surface area contributed by atoms with Gasteiger partial charge in [-0.3, -0.25) is 4.79 Å². The van der Waals surface area contributed by atoms with E-state index in [-0.39, 0.29) is 10.4 Å². The van der Waals surface area contributed by atoms with Gasteiger partial charge in [0, 0.05) is 16.5 Å². The molecule has 0 aliphatic carbocycles. The van der Waals surface area contributed by atoms with E-state index < -0.39 is 28.6 Å². The van der Waals surface area contributed by atoms with Crippen LogP contribution in [0.15, 0.2) is 23.0 Å². The van der Waals surface area contributed by atoms with Gasteiger partial charge in [0.2, 0.25) is 0 Å². The molecule has 0 aliphatic heterocycles. The zero-order valence-electron chi connectivity index (χ0n) is 8.03. The van der Waals surface area contributed by atoms with E-state index in [0.717, 1.165) is 12.1 Å². The second-order valence-corrected chi connectivity index (χ2v) is 3.79. The largest absolute Gasteiger partial charge is 0.431 e. The average Bonchev–Trinajstić information content (AvgIpc) is 2.17. The minimum absolute atomic E-state index is 0.0553. The number of benzene rings is 1. The maximum absolute atomic E-state index is 13.4. The van der Waals surface area contributed by atoms with Crippen molar-refractivity contribution in [2.45, 2.75) is 6.18 Å². The highest BCUT2D eigenvalue weighted by Gasteiger charge is 2.32. The molecule has 1 N–H and O–H groups in total. The number of hydrogen-bond acceptors (Lipinski definition) is 1. The van der Waals surface area contributed by atoms with E-state index in [9.17, 15) is 22.4 Å². The van der Waals surface area contributed by atoms with Crippen molar-refractivity contribution in [1.82, 2.24) is 4.98 Å². The highest BCUT2D eigenvalue weighted by Crippen LogP contribution is 2.28. The summed E-state index contributed by atoms with van der Waals surface area (Å²) in [6.07, 6.45) is -4.74. The molecule has 1 aromatic heterocycles. The van der Waals surface area contributed by atoms with Crippen LogP contribution < -0.4 is 5.43 Å². The Hall–Kier alpha value is -1.56. The number of fused-ring (bicyclic) bond motifs is 1. The third-order valence-electron chi connectivity index (χ3n) is 2.16. The summed E-state index contributed by atoms with van der Waals surface area (Å²) in [5.41, 5.74) is -2.74. The Morgan fingerprint density at radius 2 is 1.82 bits per heavy atom. The predicted octanol–water partition coefficient (Wildman–Crippen LogP) is 3.34. The standard InChI is InChI=1S/C10H4ClF4NO/c11-4-1-5-7(17)3-8(10(13,14)15)16-9(5)6(12)2-4/h1-3H,(H,16,17). The van der Waals surface area contributed by atoms with Gasteiger partial charge in [-0.05, 0) is 12.1 Å². The summed E-state index contributed by atoms with van der Waals surface area (Å²) < 4.78 is 50.5. The zero-order valence-corrected chi connectivity index (χ0v) is 8.79. The second kappa shape index (κ2) is 3.73. The Kier molecular flexibility index (Phi) is 2.61. The number of alkyl halides is 3. The van der Waals surface area contributed by atoms with Crippen LogP contribution in [0.1, 0.15) is 5.69 Å². The summed E-state index contributed by atoms with van der Waals surface area (Å²) in [7, 11) is 0. The van der Waals surface area contributed by atoms with Crippen molar-refractivity contribution in [3.8, 4) is 0 Å². The van der Waals surface area contributed by atoms with Crippen LogP contribution in [0.3, 0.4) is 0 Å². The van der Waals surface area contributed by atoms with E-state index in [1.165, 1.54) is 0 Å². The minimum atomic E-state index is -4.74. The molecule has 0 fully saturated rings. The highest BCUT2D eigenvalue weighted by atomic mass is 35.5. The van der Waals surface area contributed by atoms with Crippen LogP contribution in [0.2, 0.25) is 5.02 Å². The molecule has 0 bridgehead atoms. The van der Waals surface area contributed by atoms with Crippen LogP contribution in [-0.4, -0.2) is 4.98 Å². The number of pyridine rings is 1. The number of aromatic amines is 1. The number of hydrogen-bond donors (Lipinski definition) is 1. The lowest BCUT2D eigenvalue weighted by Crippen LogP contribution is -2.14. The Bertz CT molecular complexity index is 647. The van der Waals surface area contributed by atoms with Gasteiger partial charge in [-0.25, -0.2) is 4.39 Å². The van der Waals surface area contributed by atoms with Gasteiger partial charge in [0.25, 0.3) is 0 Å². The molecule has 17 heavy (non-hydrogen) atoms. The number of halogens is 5. The van der Waals surface area contributed by atoms with Gasteiger partial charge < -0.3 is 4.98 Å². The van der Waals surface area contributed by atoms with Gasteiger partial charge >= 0.3 is 6.18 Å². The Morgan fingerprint density at radius 3 is 2.41 bits per heavy atom. The van der Waals surface area contributed by atoms with E-state index in [1.807, 2.05) is 4.98 Å². The molecular weight excluding hydrogens is 262 g/mol. The van der Waals surface area contributed by atoms with Crippen LogP contribution in [0.25, 0.3) is 10.9 Å². The van der Waals surface area contributed by atoms with Gasteiger partial charge in [-0.1, -0.05) is 11.6 Å². The number of nitrogens with one attached hydrogen (secondary N) is 1. The fraction of sp³-hybridized carbons (Fsp3) is 0.100. The Labute approximate surface area is 96.8 Å². The van der Waals surface area contributed by atoms with E-state index >= 15 is 0 Å². The van der Waals surface area contributed by atoms with E-state index in [0.29, 0.717) is 6.07 Å². The lowest BCUT2D eigenvalue weighted by molar-refractivity contribution is -0.141. The van der Waals surface area contributed by atoms with Crippen molar-refractivity contribution in [3.63, 3.8) is 0 Å². The molecule has 0 radical (unpaired) electrons. The van der Waals surface area contributed by atoms with Crippen molar-refractivity contribution in [2.24, 2.45) is 0 Å². The van der Waals surface area contributed by atoms with Gasteiger partial charge in [0.1, 0.15) is 11.5 Å². The van der Waals surface area contributed by atoms with Crippen molar-refractivity contribution in [3.05, 3.63) is 45.0 Å². The molecule has 7 heteroatoms. The minimum Gasteiger partial charge on any atom is -0.348 e. The molecule has 90 valence electrons. The van der Waals surface area contributed by atoms with E-state index in [1.54, 1.807) is 0 Å². The SMILES string of the molecule is O=c1cc(C(F)(F)F)[nH]c2c(F)cc(Cl)cc12. The molecule has 2 nitrogen and oxygen atoms in total. The smallest absolute Gasteiger partial charge is 0.348 e. The topological polar surface area (TPSA) is 32.9 Å². The van der Waals surface area contributed by atoms with E-state index in [2.05, 4.69) is 0 Å². The molecule has 1 aromatic carbocycles. The summed E-state index contributed by atoms with van der Waals surface area (Å²) >= 11 is 5.51. The summed E-state index contributed by atoms with van der Waals surface area (Å²) in [6.45, 7) is 0. The predicted molar refractivity (Wildman–Crippen MR) is 54.5 cm³/mol. The van der Waals surface area contributed by atoms with Crippen molar-refractivity contribution in [2.75, 3.05) is 0 Å². The van der Waals surface area contributed by atoms with Gasteiger partial charge in [0.05, 0.1) is 5.52 Å². The first-order valence-electron chi connectivity index (χ1n) is 4.38.